The van der Waals surface area contributed by atoms with E-state index in [4.69, 9.17) is 16.7 Å². The van der Waals surface area contributed by atoms with E-state index in [2.05, 4.69) is 0 Å². The second kappa shape index (κ2) is 7.09. The maximum atomic E-state index is 11.1. The topological polar surface area (TPSA) is 83.7 Å². The molecule has 1 aromatic rings. The van der Waals surface area contributed by atoms with Crippen molar-refractivity contribution in [3.8, 4) is 0 Å². The highest BCUT2D eigenvalue weighted by Crippen LogP contribution is 2.32. The first kappa shape index (κ1) is 16.2. The number of nitrogens with zero attached hydrogens (tertiary/aromatic N) is 2. The fourth-order valence-corrected chi connectivity index (χ4v) is 2.11. The fraction of sp³-hybridized carbons (Fsp3) is 0.462. The molecule has 1 aromatic carbocycles. The Bertz CT molecular complexity index is 505. The molecule has 0 radical (unpaired) electrons. The molecule has 0 atom stereocenters. The second-order valence-corrected chi connectivity index (χ2v) is 5.11. The predicted octanol–water partition coefficient (Wildman–Crippen LogP) is 3.33. The van der Waals surface area contributed by atoms with Gasteiger partial charge in [0.25, 0.3) is 5.69 Å². The minimum atomic E-state index is -0.876. The lowest BCUT2D eigenvalue weighted by atomic mass is 10.2. The zero-order valence-corrected chi connectivity index (χ0v) is 12.1. The number of benzene rings is 1. The summed E-state index contributed by atoms with van der Waals surface area (Å²) in [5.74, 6) is -0.876. The van der Waals surface area contributed by atoms with Gasteiger partial charge in [0.1, 0.15) is 5.69 Å². The van der Waals surface area contributed by atoms with Crippen LogP contribution >= 0.6 is 11.6 Å². The van der Waals surface area contributed by atoms with E-state index >= 15 is 0 Å². The van der Waals surface area contributed by atoms with Crippen LogP contribution in [0.3, 0.4) is 0 Å². The average molecular weight is 301 g/mol. The predicted molar refractivity (Wildman–Crippen MR) is 77.5 cm³/mol. The molecule has 0 aromatic heterocycles. The lowest BCUT2D eigenvalue weighted by Crippen LogP contribution is -2.32. The molecular formula is C13H17ClN2O4. The van der Waals surface area contributed by atoms with Crippen LogP contribution in [0.25, 0.3) is 0 Å². The summed E-state index contributed by atoms with van der Waals surface area (Å²) in [6.07, 6.45) is 0.456. The van der Waals surface area contributed by atoms with Crippen LogP contribution in [0.5, 0.6) is 0 Å². The van der Waals surface area contributed by atoms with Gasteiger partial charge in [0.2, 0.25) is 0 Å². The third-order valence-corrected chi connectivity index (χ3v) is 3.09. The minimum absolute atomic E-state index is 0.0173. The van der Waals surface area contributed by atoms with Gasteiger partial charge < -0.3 is 10.0 Å². The van der Waals surface area contributed by atoms with Crippen molar-refractivity contribution in [3.05, 3.63) is 33.3 Å². The number of rotatable bonds is 7. The molecule has 0 aliphatic carbocycles. The summed E-state index contributed by atoms with van der Waals surface area (Å²) >= 11 is 5.79. The van der Waals surface area contributed by atoms with E-state index in [0.29, 0.717) is 23.7 Å². The van der Waals surface area contributed by atoms with Crippen molar-refractivity contribution in [2.24, 2.45) is 0 Å². The standard InChI is InChI=1S/C13H17ClN2O4/c1-9(2)15(7-3-4-13(17)18)11-6-5-10(14)8-12(11)16(19)20/h5-6,8-9H,3-4,7H2,1-2H3,(H,17,18). The Morgan fingerprint density at radius 1 is 1.50 bits per heavy atom. The molecule has 1 rings (SSSR count). The van der Waals surface area contributed by atoms with E-state index < -0.39 is 10.9 Å². The highest BCUT2D eigenvalue weighted by molar-refractivity contribution is 6.30. The van der Waals surface area contributed by atoms with E-state index in [1.807, 2.05) is 18.7 Å². The van der Waals surface area contributed by atoms with E-state index in [1.54, 1.807) is 12.1 Å². The number of carbonyl (C=O) groups is 1. The summed E-state index contributed by atoms with van der Waals surface area (Å²) in [6.45, 7) is 4.24. The van der Waals surface area contributed by atoms with Gasteiger partial charge in [-0.05, 0) is 32.4 Å². The van der Waals surface area contributed by atoms with Gasteiger partial charge in [0.15, 0.2) is 0 Å². The molecule has 0 bridgehead atoms. The molecule has 0 fully saturated rings. The average Bonchev–Trinajstić information content (AvgIpc) is 2.34. The first-order chi connectivity index (χ1) is 9.32. The van der Waals surface area contributed by atoms with Gasteiger partial charge in [-0.25, -0.2) is 0 Å². The third kappa shape index (κ3) is 4.38. The SMILES string of the molecule is CC(C)N(CCCC(=O)O)c1ccc(Cl)cc1[N+](=O)[O-]. The maximum absolute atomic E-state index is 11.1. The minimum Gasteiger partial charge on any atom is -0.481 e. The lowest BCUT2D eigenvalue weighted by Gasteiger charge is -2.28. The monoisotopic (exact) mass is 300 g/mol. The van der Waals surface area contributed by atoms with Crippen molar-refractivity contribution in [3.63, 3.8) is 0 Å². The van der Waals surface area contributed by atoms with E-state index in [-0.39, 0.29) is 18.2 Å². The second-order valence-electron chi connectivity index (χ2n) is 4.67. The molecule has 0 heterocycles. The van der Waals surface area contributed by atoms with Crippen molar-refractivity contribution < 1.29 is 14.8 Å². The lowest BCUT2D eigenvalue weighted by molar-refractivity contribution is -0.384. The Morgan fingerprint density at radius 2 is 2.15 bits per heavy atom. The summed E-state index contributed by atoms with van der Waals surface area (Å²) in [7, 11) is 0. The first-order valence-corrected chi connectivity index (χ1v) is 6.63. The van der Waals surface area contributed by atoms with Crippen molar-refractivity contribution in [1.29, 1.82) is 0 Å². The number of hydrogen-bond acceptors (Lipinski definition) is 4. The van der Waals surface area contributed by atoms with Crippen molar-refractivity contribution in [2.45, 2.75) is 32.7 Å². The molecule has 0 amide bonds. The molecule has 0 aliphatic heterocycles. The van der Waals surface area contributed by atoms with E-state index in [0.717, 1.165) is 0 Å². The molecule has 0 saturated heterocycles. The normalized spacial score (nSPS) is 10.6. The van der Waals surface area contributed by atoms with Gasteiger partial charge in [-0.3, -0.25) is 14.9 Å². The zero-order valence-electron chi connectivity index (χ0n) is 11.4. The maximum Gasteiger partial charge on any atom is 0.303 e. The third-order valence-electron chi connectivity index (χ3n) is 2.86. The number of nitro benzene ring substituents is 1. The summed E-state index contributed by atoms with van der Waals surface area (Å²) in [6, 6.07) is 4.52. The number of anilines is 1. The van der Waals surface area contributed by atoms with Crippen molar-refractivity contribution >= 4 is 28.9 Å². The molecule has 0 saturated carbocycles. The fourth-order valence-electron chi connectivity index (χ4n) is 1.94. The molecule has 0 spiro atoms. The Labute approximate surface area is 122 Å². The summed E-state index contributed by atoms with van der Waals surface area (Å²) in [5, 5.41) is 20.1. The van der Waals surface area contributed by atoms with Crippen LogP contribution < -0.4 is 4.90 Å². The van der Waals surface area contributed by atoms with E-state index in [1.165, 1.54) is 6.07 Å². The summed E-state index contributed by atoms with van der Waals surface area (Å²) in [5.41, 5.74) is 0.390. The summed E-state index contributed by atoms with van der Waals surface area (Å²) in [4.78, 5) is 23.0. The highest BCUT2D eigenvalue weighted by Gasteiger charge is 2.21. The number of carboxylic acid groups (broad SMARTS) is 1. The van der Waals surface area contributed by atoms with Crippen molar-refractivity contribution in [1.82, 2.24) is 0 Å². The van der Waals surface area contributed by atoms with Gasteiger partial charge in [-0.1, -0.05) is 11.6 Å². The van der Waals surface area contributed by atoms with Crippen LogP contribution in [0, 0.1) is 10.1 Å². The number of halogens is 1. The van der Waals surface area contributed by atoms with Crippen molar-refractivity contribution in [2.75, 3.05) is 11.4 Å². The molecule has 110 valence electrons. The van der Waals surface area contributed by atoms with Gasteiger partial charge >= 0.3 is 5.97 Å². The largest absolute Gasteiger partial charge is 0.481 e. The Hall–Kier alpha value is -1.82. The number of carboxylic acids is 1. The van der Waals surface area contributed by atoms with Crippen LogP contribution in [0.15, 0.2) is 18.2 Å². The number of hydrogen-bond donors (Lipinski definition) is 1. The van der Waals surface area contributed by atoms with Crippen LogP contribution in [0.4, 0.5) is 11.4 Å². The molecule has 1 N–H and O–H groups in total. The van der Waals surface area contributed by atoms with Gasteiger partial charge in [-0.2, -0.15) is 0 Å². The first-order valence-electron chi connectivity index (χ1n) is 6.25. The van der Waals surface area contributed by atoms with E-state index in [9.17, 15) is 14.9 Å². The quantitative estimate of drug-likeness (QED) is 0.617. The van der Waals surface area contributed by atoms with Gasteiger partial charge in [0, 0.05) is 30.1 Å². The van der Waals surface area contributed by atoms with Gasteiger partial charge in [0.05, 0.1) is 4.92 Å². The molecule has 7 heteroatoms. The molecule has 0 unspecified atom stereocenters. The Kier molecular flexibility index (Phi) is 5.76. The van der Waals surface area contributed by atoms with Gasteiger partial charge in [-0.15, -0.1) is 0 Å². The van der Waals surface area contributed by atoms with Crippen LogP contribution in [0.2, 0.25) is 5.02 Å². The molecular weight excluding hydrogens is 284 g/mol. The molecule has 20 heavy (non-hydrogen) atoms. The smallest absolute Gasteiger partial charge is 0.303 e. The summed E-state index contributed by atoms with van der Waals surface area (Å²) < 4.78 is 0. The Balaban J connectivity index is 3.02. The number of nitro groups is 1. The molecule has 0 aliphatic rings. The zero-order chi connectivity index (χ0) is 15.3. The Morgan fingerprint density at radius 3 is 2.65 bits per heavy atom. The van der Waals surface area contributed by atoms with Crippen LogP contribution in [-0.2, 0) is 4.79 Å². The highest BCUT2D eigenvalue weighted by atomic mass is 35.5. The van der Waals surface area contributed by atoms with Crippen LogP contribution in [0.1, 0.15) is 26.7 Å². The number of aliphatic carboxylic acids is 1. The molecule has 6 nitrogen and oxygen atoms in total. The van der Waals surface area contributed by atoms with Crippen LogP contribution in [-0.4, -0.2) is 28.6 Å².